The fraction of sp³-hybridized carbons (Fsp3) is 0.538. The minimum Gasteiger partial charge on any atom is -0.315 e. The molecule has 94 valence electrons. The molecule has 0 aliphatic rings. The highest BCUT2D eigenvalue weighted by molar-refractivity contribution is 6.63. The maximum absolute atomic E-state index is 12.1. The van der Waals surface area contributed by atoms with Gasteiger partial charge >= 0.3 is 0 Å². The zero-order chi connectivity index (χ0) is 13.2. The molecule has 0 aromatic carbocycles. The summed E-state index contributed by atoms with van der Waals surface area (Å²) in [6, 6.07) is 3.73. The molecule has 0 bridgehead atoms. The Morgan fingerprint density at radius 2 is 1.94 bits per heavy atom. The van der Waals surface area contributed by atoms with Gasteiger partial charge in [-0.2, -0.15) is 0 Å². The molecule has 4 heteroatoms. The second-order valence-electron chi connectivity index (χ2n) is 5.21. The predicted octanol–water partition coefficient (Wildman–Crippen LogP) is 2.38. The fourth-order valence-corrected chi connectivity index (χ4v) is 1.96. The first kappa shape index (κ1) is 14.0. The molecule has 0 N–H and O–H groups in total. The van der Waals surface area contributed by atoms with E-state index in [1.807, 2.05) is 6.07 Å². The fourth-order valence-electron chi connectivity index (χ4n) is 1.86. The van der Waals surface area contributed by atoms with Gasteiger partial charge in [-0.25, -0.2) is 0 Å². The maximum atomic E-state index is 12.1. The normalized spacial score (nSPS) is 11.6. The van der Waals surface area contributed by atoms with Crippen molar-refractivity contribution < 1.29 is 4.79 Å². The monoisotopic (exact) mass is 255 g/mol. The number of carbonyl (C=O) groups excluding carboxylic acids is 1. The molecule has 1 aromatic heterocycles. The Morgan fingerprint density at radius 1 is 1.35 bits per heavy atom. The summed E-state index contributed by atoms with van der Waals surface area (Å²) in [4.78, 5) is 22.8. The Labute approximate surface area is 106 Å². The summed E-state index contributed by atoms with van der Waals surface area (Å²) in [7, 11) is 1.76. The quantitative estimate of drug-likeness (QED) is 0.778. The van der Waals surface area contributed by atoms with Gasteiger partial charge < -0.3 is 4.57 Å². The minimum absolute atomic E-state index is 0.0460. The van der Waals surface area contributed by atoms with Crippen LogP contribution in [-0.4, -0.2) is 9.81 Å². The third-order valence-electron chi connectivity index (χ3n) is 2.74. The lowest BCUT2D eigenvalue weighted by Gasteiger charge is -2.22. The van der Waals surface area contributed by atoms with Gasteiger partial charge in [-0.3, -0.25) is 9.59 Å². The van der Waals surface area contributed by atoms with Gasteiger partial charge in [0.25, 0.3) is 5.56 Å². The second kappa shape index (κ2) is 5.05. The van der Waals surface area contributed by atoms with E-state index in [2.05, 4.69) is 20.8 Å². The largest absolute Gasteiger partial charge is 0.315 e. The molecule has 0 unspecified atom stereocenters. The molecule has 0 amide bonds. The lowest BCUT2D eigenvalue weighted by Crippen LogP contribution is -2.29. The smallest absolute Gasteiger partial charge is 0.253 e. The number of aromatic nitrogens is 1. The molecule has 3 nitrogen and oxygen atoms in total. The number of aryl methyl sites for hydroxylation is 1. The summed E-state index contributed by atoms with van der Waals surface area (Å²) in [6.07, 6.45) is 0.602. The number of hydrogen-bond donors (Lipinski definition) is 0. The molecule has 0 saturated carbocycles. The van der Waals surface area contributed by atoms with E-state index in [1.54, 1.807) is 17.7 Å². The first-order valence-electron chi connectivity index (χ1n) is 5.61. The lowest BCUT2D eigenvalue weighted by molar-refractivity contribution is -0.111. The molecule has 0 radical (unpaired) electrons. The molecule has 1 rings (SSSR count). The Hall–Kier alpha value is -1.09. The van der Waals surface area contributed by atoms with Crippen LogP contribution in [0.3, 0.4) is 0 Å². The Kier molecular flexibility index (Phi) is 4.15. The van der Waals surface area contributed by atoms with Crippen molar-refractivity contribution in [2.24, 2.45) is 7.05 Å². The van der Waals surface area contributed by atoms with Crippen LogP contribution in [0.25, 0.3) is 0 Å². The third kappa shape index (κ3) is 3.43. The number of carbonyl (C=O) groups is 1. The highest BCUT2D eigenvalue weighted by atomic mass is 35.5. The van der Waals surface area contributed by atoms with Crippen molar-refractivity contribution >= 4 is 16.8 Å². The van der Waals surface area contributed by atoms with Gasteiger partial charge in [0.15, 0.2) is 0 Å². The van der Waals surface area contributed by atoms with Gasteiger partial charge in [-0.15, -0.1) is 0 Å². The van der Waals surface area contributed by atoms with Gasteiger partial charge in [0, 0.05) is 30.1 Å². The van der Waals surface area contributed by atoms with E-state index in [0.717, 1.165) is 5.69 Å². The van der Waals surface area contributed by atoms with Crippen molar-refractivity contribution in [2.45, 2.75) is 39.0 Å². The van der Waals surface area contributed by atoms with Gasteiger partial charge in [0.2, 0.25) is 5.24 Å². The van der Waals surface area contributed by atoms with Crippen LogP contribution < -0.4 is 5.56 Å². The molecule has 0 aliphatic carbocycles. The van der Waals surface area contributed by atoms with Crippen LogP contribution in [0.2, 0.25) is 0 Å². The summed E-state index contributed by atoms with van der Waals surface area (Å²) in [5, 5.41) is -0.410. The zero-order valence-electron chi connectivity index (χ0n) is 10.7. The standard InChI is InChI=1S/C13H18ClNO2/c1-13(2,3)10-7-5-9(6-8-11(14)16)12(17)15(10)4/h5,7H,6,8H2,1-4H3. The molecular formula is C13H18ClNO2. The molecule has 17 heavy (non-hydrogen) atoms. The lowest BCUT2D eigenvalue weighted by atomic mass is 9.90. The number of rotatable bonds is 3. The van der Waals surface area contributed by atoms with Crippen LogP contribution in [0.1, 0.15) is 38.4 Å². The second-order valence-corrected chi connectivity index (χ2v) is 5.63. The average Bonchev–Trinajstić information content (AvgIpc) is 2.18. The van der Waals surface area contributed by atoms with Crippen LogP contribution >= 0.6 is 11.6 Å². The summed E-state index contributed by atoms with van der Waals surface area (Å²) < 4.78 is 1.65. The van der Waals surface area contributed by atoms with E-state index in [1.165, 1.54) is 0 Å². The Bertz CT molecular complexity index is 483. The predicted molar refractivity (Wildman–Crippen MR) is 69.6 cm³/mol. The highest BCUT2D eigenvalue weighted by Crippen LogP contribution is 2.20. The maximum Gasteiger partial charge on any atom is 0.253 e. The summed E-state index contributed by atoms with van der Waals surface area (Å²) in [5.41, 5.74) is 1.49. The van der Waals surface area contributed by atoms with Crippen molar-refractivity contribution in [3.63, 3.8) is 0 Å². The molecule has 0 atom stereocenters. The number of halogens is 1. The Balaban J connectivity index is 3.12. The summed E-state index contributed by atoms with van der Waals surface area (Å²) >= 11 is 5.28. The van der Waals surface area contributed by atoms with Crippen LogP contribution in [0.15, 0.2) is 16.9 Å². The van der Waals surface area contributed by atoms with Crippen LogP contribution in [-0.2, 0) is 23.7 Å². The summed E-state index contributed by atoms with van der Waals surface area (Å²) in [6.45, 7) is 6.18. The van der Waals surface area contributed by atoms with E-state index in [9.17, 15) is 9.59 Å². The topological polar surface area (TPSA) is 39.1 Å². The zero-order valence-corrected chi connectivity index (χ0v) is 11.5. The van der Waals surface area contributed by atoms with E-state index >= 15 is 0 Å². The molecule has 0 fully saturated rings. The van der Waals surface area contributed by atoms with Gasteiger partial charge in [-0.05, 0) is 24.1 Å². The Morgan fingerprint density at radius 3 is 2.41 bits per heavy atom. The van der Waals surface area contributed by atoms with Crippen molar-refractivity contribution in [1.82, 2.24) is 4.57 Å². The van der Waals surface area contributed by atoms with E-state index in [-0.39, 0.29) is 17.4 Å². The van der Waals surface area contributed by atoms with Crippen LogP contribution in [0.4, 0.5) is 0 Å². The van der Waals surface area contributed by atoms with E-state index in [0.29, 0.717) is 12.0 Å². The summed E-state index contributed by atoms with van der Waals surface area (Å²) in [5.74, 6) is 0. The number of hydrogen-bond acceptors (Lipinski definition) is 2. The van der Waals surface area contributed by atoms with E-state index < -0.39 is 5.24 Å². The third-order valence-corrected chi connectivity index (χ3v) is 2.93. The van der Waals surface area contributed by atoms with Crippen molar-refractivity contribution in [3.05, 3.63) is 33.7 Å². The molecule has 1 heterocycles. The average molecular weight is 256 g/mol. The highest BCUT2D eigenvalue weighted by Gasteiger charge is 2.18. The minimum atomic E-state index is -0.410. The molecular weight excluding hydrogens is 238 g/mol. The first-order chi connectivity index (χ1) is 7.73. The SMILES string of the molecule is Cn1c(C(C)(C)C)ccc(CCC(=O)Cl)c1=O. The molecule has 1 aromatic rings. The van der Waals surface area contributed by atoms with Crippen LogP contribution in [0, 0.1) is 0 Å². The van der Waals surface area contributed by atoms with Crippen molar-refractivity contribution in [1.29, 1.82) is 0 Å². The van der Waals surface area contributed by atoms with E-state index in [4.69, 9.17) is 11.6 Å². The number of pyridine rings is 1. The van der Waals surface area contributed by atoms with Crippen molar-refractivity contribution in [3.8, 4) is 0 Å². The van der Waals surface area contributed by atoms with Gasteiger partial charge in [0.05, 0.1) is 0 Å². The molecule has 0 saturated heterocycles. The first-order valence-corrected chi connectivity index (χ1v) is 5.99. The molecule has 0 aliphatic heterocycles. The van der Waals surface area contributed by atoms with Crippen molar-refractivity contribution in [2.75, 3.05) is 0 Å². The van der Waals surface area contributed by atoms with Crippen LogP contribution in [0.5, 0.6) is 0 Å². The number of nitrogens with zero attached hydrogens (tertiary/aromatic N) is 1. The molecule has 0 spiro atoms. The van der Waals surface area contributed by atoms with Gasteiger partial charge in [0.1, 0.15) is 0 Å². The van der Waals surface area contributed by atoms with Gasteiger partial charge in [-0.1, -0.05) is 26.8 Å².